The molecular formula is C23H25BrN2O6. The van der Waals surface area contributed by atoms with Crippen LogP contribution in [-0.2, 0) is 9.53 Å². The predicted octanol–water partition coefficient (Wildman–Crippen LogP) is 4.63. The smallest absolute Gasteiger partial charge is 0.414 e. The van der Waals surface area contributed by atoms with Crippen molar-refractivity contribution in [3.8, 4) is 5.75 Å². The van der Waals surface area contributed by atoms with Crippen LogP contribution in [0, 0.1) is 5.41 Å². The lowest BCUT2D eigenvalue weighted by atomic mass is 9.78. The number of hydroxylamine groups is 1. The second kappa shape index (κ2) is 11.4. The molecule has 0 spiro atoms. The third-order valence-electron chi connectivity index (χ3n) is 4.79. The third kappa shape index (κ3) is 7.21. The molecule has 2 aromatic carbocycles. The lowest BCUT2D eigenvalue weighted by molar-refractivity contribution is -0.124. The Balaban J connectivity index is 2.23. The topological polar surface area (TPSA) is 125 Å². The number of carbonyl (C=O) groups is 3. The maximum Gasteiger partial charge on any atom is 0.414 e. The van der Waals surface area contributed by atoms with Gasteiger partial charge in [-0.2, -0.15) is 0 Å². The van der Waals surface area contributed by atoms with Gasteiger partial charge in [0.05, 0.1) is 0 Å². The summed E-state index contributed by atoms with van der Waals surface area (Å²) in [5.41, 5.74) is 1.47. The monoisotopic (exact) mass is 504 g/mol. The van der Waals surface area contributed by atoms with E-state index < -0.39 is 29.4 Å². The van der Waals surface area contributed by atoms with E-state index >= 15 is 0 Å². The summed E-state index contributed by atoms with van der Waals surface area (Å²) in [5, 5.41) is 21.2. The van der Waals surface area contributed by atoms with E-state index in [1.807, 2.05) is 13.8 Å². The van der Waals surface area contributed by atoms with Gasteiger partial charge in [-0.3, -0.25) is 20.1 Å². The molecule has 8 nitrogen and oxygen atoms in total. The quantitative estimate of drug-likeness (QED) is 0.236. The first kappa shape index (κ1) is 25.1. The van der Waals surface area contributed by atoms with Crippen molar-refractivity contribution in [2.24, 2.45) is 5.41 Å². The maximum atomic E-state index is 12.6. The minimum Gasteiger partial charge on any atom is -0.508 e. The summed E-state index contributed by atoms with van der Waals surface area (Å²) in [4.78, 5) is 36.0. The summed E-state index contributed by atoms with van der Waals surface area (Å²) in [6.45, 7) is 3.68. The number of alkyl carbamates (subject to hydrolysis) is 1. The van der Waals surface area contributed by atoms with Gasteiger partial charge in [0, 0.05) is 27.1 Å². The van der Waals surface area contributed by atoms with Gasteiger partial charge in [-0.25, -0.2) is 10.3 Å². The molecule has 0 bridgehead atoms. The first-order valence-corrected chi connectivity index (χ1v) is 10.6. The van der Waals surface area contributed by atoms with Crippen molar-refractivity contribution >= 4 is 33.8 Å². The molecule has 0 heterocycles. The van der Waals surface area contributed by atoms with Gasteiger partial charge in [0.25, 0.3) is 11.8 Å². The number of hydrogen-bond acceptors (Lipinski definition) is 6. The Bertz CT molecular complexity index is 991. The van der Waals surface area contributed by atoms with E-state index in [4.69, 9.17) is 9.94 Å². The summed E-state index contributed by atoms with van der Waals surface area (Å²) in [7, 11) is 0. The fourth-order valence-corrected chi connectivity index (χ4v) is 3.46. The van der Waals surface area contributed by atoms with Gasteiger partial charge in [-0.1, -0.05) is 54.1 Å². The summed E-state index contributed by atoms with van der Waals surface area (Å²) in [5.74, 6) is -1.33. The van der Waals surface area contributed by atoms with E-state index in [-0.39, 0.29) is 5.75 Å². The zero-order valence-electron chi connectivity index (χ0n) is 17.7. The van der Waals surface area contributed by atoms with Crippen molar-refractivity contribution in [3.63, 3.8) is 0 Å². The maximum absolute atomic E-state index is 12.6. The summed E-state index contributed by atoms with van der Waals surface area (Å²) < 4.78 is 6.31. The standard InChI is InChI=1S/C23H25BrN2O6/c1-23(2,13-7-6-10-19(28)26-31)20(17-14-16(24)11-12-18(17)27)32-22(30)25-21(29)15-8-4-3-5-9-15/h3-6,8-12,14,20,27,31H,7,13H2,1-2H3,(H,26,28)(H,25,29,30)/b10-6+/t20-/m0/s1. The molecule has 0 saturated heterocycles. The van der Waals surface area contributed by atoms with Crippen molar-refractivity contribution < 1.29 is 29.4 Å². The van der Waals surface area contributed by atoms with E-state index in [9.17, 15) is 19.5 Å². The number of carbonyl (C=O) groups excluding carboxylic acids is 3. The van der Waals surface area contributed by atoms with E-state index in [2.05, 4.69) is 21.2 Å². The van der Waals surface area contributed by atoms with Crippen LogP contribution < -0.4 is 10.8 Å². The molecule has 2 aromatic rings. The largest absolute Gasteiger partial charge is 0.508 e. The first-order chi connectivity index (χ1) is 15.1. The number of imide groups is 1. The van der Waals surface area contributed by atoms with Crippen molar-refractivity contribution in [3.05, 3.63) is 76.3 Å². The SMILES string of the molecule is CC(C)(CC/C=C/C(=O)NO)[C@@H](OC(=O)NC(=O)c1ccccc1)c1cc(Br)ccc1O. The van der Waals surface area contributed by atoms with Gasteiger partial charge in [-0.05, 0) is 43.2 Å². The van der Waals surface area contributed by atoms with Crippen molar-refractivity contribution in [1.82, 2.24) is 10.8 Å². The number of phenolic OH excluding ortho intramolecular Hbond substituents is 1. The van der Waals surface area contributed by atoms with Gasteiger partial charge in [0.15, 0.2) is 0 Å². The molecule has 4 N–H and O–H groups in total. The Morgan fingerprint density at radius 1 is 1.16 bits per heavy atom. The van der Waals surface area contributed by atoms with Gasteiger partial charge >= 0.3 is 6.09 Å². The van der Waals surface area contributed by atoms with Crippen LogP contribution in [0.2, 0.25) is 0 Å². The minimum absolute atomic E-state index is 0.0661. The van der Waals surface area contributed by atoms with Crippen LogP contribution in [0.1, 0.15) is 48.7 Å². The van der Waals surface area contributed by atoms with Crippen LogP contribution in [0.25, 0.3) is 0 Å². The van der Waals surface area contributed by atoms with E-state index in [0.717, 1.165) is 0 Å². The Hall–Kier alpha value is -3.17. The van der Waals surface area contributed by atoms with E-state index in [1.165, 1.54) is 17.6 Å². The van der Waals surface area contributed by atoms with Crippen LogP contribution in [0.3, 0.4) is 0 Å². The molecule has 0 fully saturated rings. The van der Waals surface area contributed by atoms with Crippen molar-refractivity contribution in [2.75, 3.05) is 0 Å². The Morgan fingerprint density at radius 2 is 1.84 bits per heavy atom. The highest BCUT2D eigenvalue weighted by Crippen LogP contribution is 2.44. The molecule has 0 radical (unpaired) electrons. The number of nitrogens with one attached hydrogen (secondary N) is 2. The molecule has 0 saturated carbocycles. The number of halogens is 1. The van der Waals surface area contributed by atoms with Crippen LogP contribution in [0.15, 0.2) is 65.2 Å². The van der Waals surface area contributed by atoms with E-state index in [1.54, 1.807) is 48.5 Å². The lowest BCUT2D eigenvalue weighted by Crippen LogP contribution is -2.35. The van der Waals surface area contributed by atoms with Gasteiger partial charge in [-0.15, -0.1) is 0 Å². The minimum atomic E-state index is -0.952. The second-order valence-corrected chi connectivity index (χ2v) is 8.63. The van der Waals surface area contributed by atoms with Gasteiger partial charge in [0.2, 0.25) is 0 Å². The van der Waals surface area contributed by atoms with Crippen LogP contribution >= 0.6 is 15.9 Å². The first-order valence-electron chi connectivity index (χ1n) is 9.80. The number of aromatic hydroxyl groups is 1. The number of rotatable bonds is 8. The highest BCUT2D eigenvalue weighted by molar-refractivity contribution is 9.10. The number of phenols is 1. The molecule has 9 heteroatoms. The molecule has 32 heavy (non-hydrogen) atoms. The van der Waals surface area contributed by atoms with Crippen molar-refractivity contribution in [1.29, 1.82) is 0 Å². The van der Waals surface area contributed by atoms with Crippen LogP contribution in [-0.4, -0.2) is 28.2 Å². The number of hydrogen-bond donors (Lipinski definition) is 4. The predicted molar refractivity (Wildman–Crippen MR) is 121 cm³/mol. The van der Waals surface area contributed by atoms with Gasteiger partial charge in [0.1, 0.15) is 11.9 Å². The molecule has 1 atom stereocenters. The molecule has 0 aliphatic rings. The number of allylic oxidation sites excluding steroid dienone is 1. The molecule has 0 aliphatic heterocycles. The average Bonchev–Trinajstić information content (AvgIpc) is 2.77. The molecule has 170 valence electrons. The Kier molecular flexibility index (Phi) is 8.98. The molecule has 0 unspecified atom stereocenters. The number of amides is 3. The third-order valence-corrected chi connectivity index (χ3v) is 5.29. The summed E-state index contributed by atoms with van der Waals surface area (Å²) in [6.07, 6.45) is 1.78. The van der Waals surface area contributed by atoms with Crippen LogP contribution in [0.5, 0.6) is 5.75 Å². The fraction of sp³-hybridized carbons (Fsp3) is 0.261. The summed E-state index contributed by atoms with van der Waals surface area (Å²) in [6, 6.07) is 13.0. The summed E-state index contributed by atoms with van der Waals surface area (Å²) >= 11 is 3.36. The Morgan fingerprint density at radius 3 is 2.50 bits per heavy atom. The highest BCUT2D eigenvalue weighted by Gasteiger charge is 2.36. The van der Waals surface area contributed by atoms with Crippen LogP contribution in [0.4, 0.5) is 4.79 Å². The Labute approximate surface area is 194 Å². The van der Waals surface area contributed by atoms with Crippen molar-refractivity contribution in [2.45, 2.75) is 32.8 Å². The van der Waals surface area contributed by atoms with Gasteiger partial charge < -0.3 is 9.84 Å². The molecule has 0 aliphatic carbocycles. The second-order valence-electron chi connectivity index (χ2n) is 7.71. The highest BCUT2D eigenvalue weighted by atomic mass is 79.9. The molecule has 2 rings (SSSR count). The molecule has 0 aromatic heterocycles. The lowest BCUT2D eigenvalue weighted by Gasteiger charge is -2.34. The van der Waals surface area contributed by atoms with E-state index in [0.29, 0.717) is 28.4 Å². The number of benzene rings is 2. The zero-order valence-corrected chi connectivity index (χ0v) is 19.3. The zero-order chi connectivity index (χ0) is 23.7. The molecule has 3 amide bonds. The fourth-order valence-electron chi connectivity index (χ4n) is 3.08. The number of ether oxygens (including phenoxy) is 1. The molecular weight excluding hydrogens is 480 g/mol. The normalized spacial score (nSPS) is 12.2. The average molecular weight is 505 g/mol.